The summed E-state index contributed by atoms with van der Waals surface area (Å²) in [5.41, 5.74) is 0. The average molecular weight is 323 g/mol. The SMILES string of the molecule is CCCC(CCC)S(=O)(=O)C[C@@H](NC(=O)COC)C(=O)O. The van der Waals surface area contributed by atoms with Crippen LogP contribution >= 0.6 is 0 Å². The second-order valence-corrected chi connectivity index (χ2v) is 7.25. The van der Waals surface area contributed by atoms with Gasteiger partial charge in [0.05, 0.1) is 11.0 Å². The maximum absolute atomic E-state index is 12.3. The molecule has 0 fully saturated rings. The molecule has 0 bridgehead atoms. The first kappa shape index (κ1) is 19.9. The highest BCUT2D eigenvalue weighted by Gasteiger charge is 2.31. The molecule has 0 rings (SSSR count). The smallest absolute Gasteiger partial charge is 0.327 e. The van der Waals surface area contributed by atoms with Crippen molar-refractivity contribution in [2.75, 3.05) is 19.5 Å². The first-order valence-corrected chi connectivity index (χ1v) is 8.72. The van der Waals surface area contributed by atoms with Crippen molar-refractivity contribution in [1.29, 1.82) is 0 Å². The highest BCUT2D eigenvalue weighted by atomic mass is 32.2. The third-order valence-electron chi connectivity index (χ3n) is 3.04. The lowest BCUT2D eigenvalue weighted by Gasteiger charge is -2.20. The number of rotatable bonds is 11. The number of carboxylic acids is 1. The van der Waals surface area contributed by atoms with Crippen LogP contribution in [0.4, 0.5) is 0 Å². The van der Waals surface area contributed by atoms with Gasteiger partial charge in [0.25, 0.3) is 0 Å². The molecule has 0 aliphatic carbocycles. The minimum absolute atomic E-state index is 0.308. The van der Waals surface area contributed by atoms with Crippen LogP contribution in [-0.4, -0.2) is 56.2 Å². The third-order valence-corrected chi connectivity index (χ3v) is 5.32. The largest absolute Gasteiger partial charge is 0.480 e. The van der Waals surface area contributed by atoms with Gasteiger partial charge in [-0.3, -0.25) is 4.79 Å². The molecule has 1 atom stereocenters. The van der Waals surface area contributed by atoms with Crippen molar-refractivity contribution >= 4 is 21.7 Å². The van der Waals surface area contributed by atoms with Gasteiger partial charge in [-0.2, -0.15) is 0 Å². The normalized spacial score (nSPS) is 13.1. The van der Waals surface area contributed by atoms with Crippen molar-refractivity contribution in [2.24, 2.45) is 0 Å². The molecule has 0 aromatic rings. The highest BCUT2D eigenvalue weighted by molar-refractivity contribution is 7.92. The zero-order valence-electron chi connectivity index (χ0n) is 12.8. The van der Waals surface area contributed by atoms with Gasteiger partial charge in [-0.05, 0) is 12.8 Å². The maximum Gasteiger partial charge on any atom is 0.327 e. The Kier molecular flexibility index (Phi) is 9.19. The number of carbonyl (C=O) groups is 2. The van der Waals surface area contributed by atoms with Crippen LogP contribution in [0.2, 0.25) is 0 Å². The number of hydrogen-bond donors (Lipinski definition) is 2. The van der Waals surface area contributed by atoms with E-state index in [1.165, 1.54) is 7.11 Å². The number of hydrogen-bond acceptors (Lipinski definition) is 5. The average Bonchev–Trinajstić information content (AvgIpc) is 2.37. The molecule has 0 aromatic carbocycles. The van der Waals surface area contributed by atoms with E-state index in [0.717, 1.165) is 0 Å². The Hall–Kier alpha value is -1.15. The fourth-order valence-corrected chi connectivity index (χ4v) is 4.21. The van der Waals surface area contributed by atoms with Gasteiger partial charge in [0.2, 0.25) is 5.91 Å². The topological polar surface area (TPSA) is 110 Å². The van der Waals surface area contributed by atoms with Crippen LogP contribution in [0.1, 0.15) is 39.5 Å². The number of carboxylic acid groups (broad SMARTS) is 1. The Morgan fingerprint density at radius 2 is 1.71 bits per heavy atom. The lowest BCUT2D eigenvalue weighted by Crippen LogP contribution is -2.48. The number of ether oxygens (including phenoxy) is 1. The maximum atomic E-state index is 12.3. The van der Waals surface area contributed by atoms with Gasteiger partial charge in [-0.1, -0.05) is 26.7 Å². The van der Waals surface area contributed by atoms with Crippen molar-refractivity contribution in [2.45, 2.75) is 50.8 Å². The first-order valence-electron chi connectivity index (χ1n) is 7.01. The van der Waals surface area contributed by atoms with Crippen molar-refractivity contribution in [3.8, 4) is 0 Å². The number of methoxy groups -OCH3 is 1. The molecule has 21 heavy (non-hydrogen) atoms. The number of nitrogens with one attached hydrogen (secondary N) is 1. The fraction of sp³-hybridized carbons (Fsp3) is 0.846. The van der Waals surface area contributed by atoms with E-state index in [-0.39, 0.29) is 6.61 Å². The summed E-state index contributed by atoms with van der Waals surface area (Å²) in [4.78, 5) is 22.5. The zero-order valence-corrected chi connectivity index (χ0v) is 13.6. The Labute approximate surface area is 126 Å². The second-order valence-electron chi connectivity index (χ2n) is 4.92. The molecule has 0 unspecified atom stereocenters. The molecule has 0 radical (unpaired) electrons. The highest BCUT2D eigenvalue weighted by Crippen LogP contribution is 2.16. The predicted octanol–water partition coefficient (Wildman–Crippen LogP) is 0.586. The molecule has 7 nitrogen and oxygen atoms in total. The Morgan fingerprint density at radius 3 is 2.10 bits per heavy atom. The van der Waals surface area contributed by atoms with E-state index in [1.807, 2.05) is 13.8 Å². The third kappa shape index (κ3) is 7.42. The first-order chi connectivity index (χ1) is 9.78. The van der Waals surface area contributed by atoms with Gasteiger partial charge in [0, 0.05) is 7.11 Å². The van der Waals surface area contributed by atoms with Crippen LogP contribution in [-0.2, 0) is 24.2 Å². The molecule has 0 saturated carbocycles. The Morgan fingerprint density at radius 1 is 1.19 bits per heavy atom. The minimum Gasteiger partial charge on any atom is -0.480 e. The van der Waals surface area contributed by atoms with Crippen molar-refractivity contribution < 1.29 is 27.9 Å². The summed E-state index contributed by atoms with van der Waals surface area (Å²) in [6, 6.07) is -1.45. The van der Waals surface area contributed by atoms with E-state index >= 15 is 0 Å². The van der Waals surface area contributed by atoms with Crippen LogP contribution < -0.4 is 5.32 Å². The standard InChI is InChI=1S/C13H25NO6S/c1-4-6-10(7-5-2)21(18,19)9-11(13(16)17)14-12(15)8-20-3/h10-11H,4-9H2,1-3H3,(H,14,15)(H,16,17)/t11-/m1/s1. The van der Waals surface area contributed by atoms with Crippen LogP contribution in [0, 0.1) is 0 Å². The quantitative estimate of drug-likeness (QED) is 0.576. The van der Waals surface area contributed by atoms with E-state index in [9.17, 15) is 18.0 Å². The van der Waals surface area contributed by atoms with E-state index in [0.29, 0.717) is 25.7 Å². The minimum atomic E-state index is -3.59. The molecule has 0 spiro atoms. The van der Waals surface area contributed by atoms with Gasteiger partial charge in [0.15, 0.2) is 9.84 Å². The van der Waals surface area contributed by atoms with Crippen LogP contribution in [0.5, 0.6) is 0 Å². The molecule has 0 heterocycles. The molecule has 0 saturated heterocycles. The fourth-order valence-electron chi connectivity index (χ4n) is 2.06. The van der Waals surface area contributed by atoms with Crippen LogP contribution in [0.15, 0.2) is 0 Å². The van der Waals surface area contributed by atoms with E-state index in [1.54, 1.807) is 0 Å². The lowest BCUT2D eigenvalue weighted by atomic mass is 10.2. The number of amides is 1. The molecule has 0 aliphatic heterocycles. The number of carbonyl (C=O) groups excluding carboxylic acids is 1. The summed E-state index contributed by atoms with van der Waals surface area (Å²) in [7, 11) is -2.29. The van der Waals surface area contributed by atoms with Gasteiger partial charge < -0.3 is 15.2 Å². The molecule has 8 heteroatoms. The van der Waals surface area contributed by atoms with Gasteiger partial charge >= 0.3 is 5.97 Å². The van der Waals surface area contributed by atoms with Gasteiger partial charge in [-0.15, -0.1) is 0 Å². The second kappa shape index (κ2) is 9.73. The summed E-state index contributed by atoms with van der Waals surface area (Å²) in [5, 5.41) is 10.7. The van der Waals surface area contributed by atoms with E-state index in [4.69, 9.17) is 5.11 Å². The number of aliphatic carboxylic acids is 1. The molecule has 0 aromatic heterocycles. The van der Waals surface area contributed by atoms with Crippen LogP contribution in [0.3, 0.4) is 0 Å². The number of sulfone groups is 1. The van der Waals surface area contributed by atoms with E-state index < -0.39 is 38.8 Å². The predicted molar refractivity (Wildman–Crippen MR) is 78.8 cm³/mol. The molecular formula is C13H25NO6S. The molecule has 0 aliphatic rings. The molecule has 1 amide bonds. The summed E-state index contributed by atoms with van der Waals surface area (Å²) in [6.07, 6.45) is 2.40. The van der Waals surface area contributed by atoms with Crippen LogP contribution in [0.25, 0.3) is 0 Å². The summed E-state index contributed by atoms with van der Waals surface area (Å²) < 4.78 is 29.2. The molecule has 2 N–H and O–H groups in total. The van der Waals surface area contributed by atoms with Crippen molar-refractivity contribution in [3.63, 3.8) is 0 Å². The summed E-state index contributed by atoms with van der Waals surface area (Å²) in [6.45, 7) is 3.46. The van der Waals surface area contributed by atoms with E-state index in [2.05, 4.69) is 10.1 Å². The van der Waals surface area contributed by atoms with Crippen molar-refractivity contribution in [3.05, 3.63) is 0 Å². The van der Waals surface area contributed by atoms with Crippen molar-refractivity contribution in [1.82, 2.24) is 5.32 Å². The summed E-state index contributed by atoms with van der Waals surface area (Å²) >= 11 is 0. The zero-order chi connectivity index (χ0) is 16.5. The lowest BCUT2D eigenvalue weighted by molar-refractivity contribution is -0.141. The molecule has 124 valence electrons. The monoisotopic (exact) mass is 323 g/mol. The Bertz CT molecular complexity index is 428. The summed E-state index contributed by atoms with van der Waals surface area (Å²) in [5.74, 6) is -2.61. The van der Waals surface area contributed by atoms with Gasteiger partial charge in [0.1, 0.15) is 12.6 Å². The van der Waals surface area contributed by atoms with Gasteiger partial charge in [-0.25, -0.2) is 13.2 Å². The Balaban J connectivity index is 4.95. The molecular weight excluding hydrogens is 298 g/mol.